The molecule has 0 bridgehead atoms. The molecule has 4 aromatic carbocycles. The number of hydrogen-bond donors (Lipinski definition) is 2. The van der Waals surface area contributed by atoms with Crippen molar-refractivity contribution in [2.24, 2.45) is 5.73 Å². The molecule has 2 amide bonds. The van der Waals surface area contributed by atoms with Gasteiger partial charge in [0.25, 0.3) is 5.91 Å². The molecule has 1 atom stereocenters. The summed E-state index contributed by atoms with van der Waals surface area (Å²) in [4.78, 5) is 26.9. The van der Waals surface area contributed by atoms with Gasteiger partial charge < -0.3 is 16.0 Å². The number of amides is 2. The summed E-state index contributed by atoms with van der Waals surface area (Å²) >= 11 is 0. The average Bonchev–Trinajstić information content (AvgIpc) is 2.93. The van der Waals surface area contributed by atoms with E-state index in [4.69, 9.17) is 5.73 Å². The molecular formula is C32H31N3O2. The third-order valence-electron chi connectivity index (χ3n) is 7.06. The molecule has 0 aromatic heterocycles. The lowest BCUT2D eigenvalue weighted by Crippen LogP contribution is -2.30. The SMILES string of the molecule is C[C@H](NC(=O)c1ccc2c(c1)CCCN2Cc1ccccc1-c1ccc(C(N)=O)cc1)c1ccccc1. The summed E-state index contributed by atoms with van der Waals surface area (Å²) in [5, 5.41) is 3.13. The standard InChI is InChI=1S/C32H31N3O2/c1-22(23-8-3-2-4-9-23)34-32(37)27-17-18-30-26(20-27)11-7-19-35(30)21-28-10-5-6-12-29(28)24-13-15-25(16-14-24)31(33)36/h2-6,8-10,12-18,20,22H,7,11,19,21H2,1H3,(H2,33,36)(H,34,37)/t22-/m0/s1. The van der Waals surface area contributed by atoms with Gasteiger partial charge in [0.2, 0.25) is 5.91 Å². The van der Waals surface area contributed by atoms with Crippen molar-refractivity contribution >= 4 is 17.5 Å². The molecule has 5 rings (SSSR count). The number of aryl methyl sites for hydroxylation is 1. The van der Waals surface area contributed by atoms with Gasteiger partial charge in [0.1, 0.15) is 0 Å². The van der Waals surface area contributed by atoms with Crippen molar-refractivity contribution in [2.45, 2.75) is 32.4 Å². The van der Waals surface area contributed by atoms with Crippen molar-refractivity contribution in [3.8, 4) is 11.1 Å². The minimum atomic E-state index is -0.424. The highest BCUT2D eigenvalue weighted by Crippen LogP contribution is 2.32. The molecule has 5 heteroatoms. The first-order valence-electron chi connectivity index (χ1n) is 12.7. The van der Waals surface area contributed by atoms with Crippen molar-refractivity contribution in [1.82, 2.24) is 5.32 Å². The molecule has 0 saturated heterocycles. The van der Waals surface area contributed by atoms with Gasteiger partial charge in [0, 0.05) is 29.9 Å². The maximum Gasteiger partial charge on any atom is 0.251 e. The molecule has 0 aliphatic carbocycles. The van der Waals surface area contributed by atoms with Gasteiger partial charge in [-0.1, -0.05) is 66.7 Å². The summed E-state index contributed by atoms with van der Waals surface area (Å²) in [6.45, 7) is 3.72. The lowest BCUT2D eigenvalue weighted by Gasteiger charge is -2.32. The van der Waals surface area contributed by atoms with Crippen LogP contribution in [0.2, 0.25) is 0 Å². The van der Waals surface area contributed by atoms with Gasteiger partial charge in [-0.3, -0.25) is 9.59 Å². The second kappa shape index (κ2) is 10.7. The Balaban J connectivity index is 1.35. The second-order valence-electron chi connectivity index (χ2n) is 9.57. The number of anilines is 1. The van der Waals surface area contributed by atoms with E-state index in [1.54, 1.807) is 12.1 Å². The van der Waals surface area contributed by atoms with E-state index in [1.807, 2.05) is 67.6 Å². The molecule has 4 aromatic rings. The Hall–Kier alpha value is -4.38. The highest BCUT2D eigenvalue weighted by Gasteiger charge is 2.21. The van der Waals surface area contributed by atoms with Crippen LogP contribution >= 0.6 is 0 Å². The van der Waals surface area contributed by atoms with E-state index in [2.05, 4.69) is 34.5 Å². The number of benzene rings is 4. The molecule has 5 nitrogen and oxygen atoms in total. The smallest absolute Gasteiger partial charge is 0.251 e. The number of fused-ring (bicyclic) bond motifs is 1. The van der Waals surface area contributed by atoms with E-state index in [-0.39, 0.29) is 11.9 Å². The Labute approximate surface area is 217 Å². The number of primary amides is 1. The Morgan fingerprint density at radius 2 is 1.59 bits per heavy atom. The summed E-state index contributed by atoms with van der Waals surface area (Å²) in [5.41, 5.74) is 13.5. The molecule has 37 heavy (non-hydrogen) atoms. The summed E-state index contributed by atoms with van der Waals surface area (Å²) in [6, 6.07) is 31.8. The van der Waals surface area contributed by atoms with E-state index in [0.717, 1.165) is 42.6 Å². The molecule has 0 fully saturated rings. The maximum atomic E-state index is 13.0. The van der Waals surface area contributed by atoms with E-state index >= 15 is 0 Å². The first kappa shape index (κ1) is 24.3. The van der Waals surface area contributed by atoms with Crippen molar-refractivity contribution < 1.29 is 9.59 Å². The predicted octanol–water partition coefficient (Wildman–Crippen LogP) is 5.90. The summed E-state index contributed by atoms with van der Waals surface area (Å²) in [5.74, 6) is -0.478. The second-order valence-corrected chi connectivity index (χ2v) is 9.57. The van der Waals surface area contributed by atoms with E-state index in [0.29, 0.717) is 11.1 Å². The van der Waals surface area contributed by atoms with Gasteiger partial charge in [-0.25, -0.2) is 0 Å². The fourth-order valence-corrected chi connectivity index (χ4v) is 5.05. The van der Waals surface area contributed by atoms with Gasteiger partial charge in [0.05, 0.1) is 6.04 Å². The lowest BCUT2D eigenvalue weighted by molar-refractivity contribution is 0.0938. The van der Waals surface area contributed by atoms with Crippen LogP contribution in [0.3, 0.4) is 0 Å². The van der Waals surface area contributed by atoms with Crippen LogP contribution in [0.1, 0.15) is 56.8 Å². The number of carbonyl (C=O) groups excluding carboxylic acids is 2. The number of nitrogens with zero attached hydrogens (tertiary/aromatic N) is 1. The highest BCUT2D eigenvalue weighted by atomic mass is 16.2. The van der Waals surface area contributed by atoms with Crippen molar-refractivity contribution in [1.29, 1.82) is 0 Å². The maximum absolute atomic E-state index is 13.0. The fourth-order valence-electron chi connectivity index (χ4n) is 5.05. The van der Waals surface area contributed by atoms with Crippen LogP contribution in [0, 0.1) is 0 Å². The van der Waals surface area contributed by atoms with E-state index in [1.165, 1.54) is 16.8 Å². The van der Waals surface area contributed by atoms with Crippen LogP contribution < -0.4 is 16.0 Å². The monoisotopic (exact) mass is 489 g/mol. The molecular weight excluding hydrogens is 458 g/mol. The van der Waals surface area contributed by atoms with Gasteiger partial charge in [-0.05, 0) is 77.9 Å². The Kier molecular flexibility index (Phi) is 7.04. The normalized spacial score (nSPS) is 13.5. The number of nitrogens with two attached hydrogens (primary N) is 1. The molecule has 0 unspecified atom stereocenters. The Bertz CT molecular complexity index is 1410. The highest BCUT2D eigenvalue weighted by molar-refractivity contribution is 5.95. The quantitative estimate of drug-likeness (QED) is 0.340. The van der Waals surface area contributed by atoms with Crippen LogP contribution in [-0.4, -0.2) is 18.4 Å². The van der Waals surface area contributed by atoms with Crippen LogP contribution in [-0.2, 0) is 13.0 Å². The number of carbonyl (C=O) groups is 2. The minimum absolute atomic E-state index is 0.0546. The van der Waals surface area contributed by atoms with Crippen LogP contribution in [0.5, 0.6) is 0 Å². The number of hydrogen-bond acceptors (Lipinski definition) is 3. The van der Waals surface area contributed by atoms with Crippen LogP contribution in [0.4, 0.5) is 5.69 Å². The van der Waals surface area contributed by atoms with Gasteiger partial charge in [0.15, 0.2) is 0 Å². The minimum Gasteiger partial charge on any atom is -0.367 e. The van der Waals surface area contributed by atoms with Gasteiger partial charge in [-0.15, -0.1) is 0 Å². The summed E-state index contributed by atoms with van der Waals surface area (Å²) in [7, 11) is 0. The molecule has 0 saturated carbocycles. The Morgan fingerprint density at radius 3 is 2.35 bits per heavy atom. The predicted molar refractivity (Wildman–Crippen MR) is 149 cm³/mol. The molecule has 1 heterocycles. The zero-order chi connectivity index (χ0) is 25.8. The molecule has 0 spiro atoms. The van der Waals surface area contributed by atoms with Gasteiger partial charge in [-0.2, -0.15) is 0 Å². The first-order chi connectivity index (χ1) is 18.0. The van der Waals surface area contributed by atoms with E-state index in [9.17, 15) is 9.59 Å². The number of nitrogens with one attached hydrogen (secondary N) is 1. The molecule has 1 aliphatic rings. The largest absolute Gasteiger partial charge is 0.367 e. The van der Waals surface area contributed by atoms with Crippen LogP contribution in [0.25, 0.3) is 11.1 Å². The zero-order valence-corrected chi connectivity index (χ0v) is 21.0. The van der Waals surface area contributed by atoms with Crippen molar-refractivity contribution in [2.75, 3.05) is 11.4 Å². The number of rotatable bonds is 7. The first-order valence-corrected chi connectivity index (χ1v) is 12.7. The van der Waals surface area contributed by atoms with Crippen LogP contribution in [0.15, 0.2) is 97.1 Å². The third kappa shape index (κ3) is 5.41. The lowest BCUT2D eigenvalue weighted by atomic mass is 9.95. The summed E-state index contributed by atoms with van der Waals surface area (Å²) < 4.78 is 0. The molecule has 3 N–H and O–H groups in total. The van der Waals surface area contributed by atoms with E-state index < -0.39 is 5.91 Å². The third-order valence-corrected chi connectivity index (χ3v) is 7.06. The molecule has 0 radical (unpaired) electrons. The fraction of sp³-hybridized carbons (Fsp3) is 0.188. The Morgan fingerprint density at radius 1 is 0.892 bits per heavy atom. The van der Waals surface area contributed by atoms with Crippen molar-refractivity contribution in [3.05, 3.63) is 125 Å². The molecule has 186 valence electrons. The topological polar surface area (TPSA) is 75.4 Å². The summed E-state index contributed by atoms with van der Waals surface area (Å²) in [6.07, 6.45) is 1.99. The molecule has 1 aliphatic heterocycles. The average molecular weight is 490 g/mol. The zero-order valence-electron chi connectivity index (χ0n) is 21.0. The van der Waals surface area contributed by atoms with Gasteiger partial charge >= 0.3 is 0 Å². The van der Waals surface area contributed by atoms with Crippen molar-refractivity contribution in [3.63, 3.8) is 0 Å².